The fourth-order valence-electron chi connectivity index (χ4n) is 4.10. The van der Waals surface area contributed by atoms with Crippen molar-refractivity contribution < 1.29 is 9.53 Å². The molecule has 0 aliphatic carbocycles. The van der Waals surface area contributed by atoms with Crippen LogP contribution in [0.1, 0.15) is 28.8 Å². The van der Waals surface area contributed by atoms with Crippen LogP contribution in [-0.2, 0) is 7.05 Å². The van der Waals surface area contributed by atoms with Gasteiger partial charge in [-0.2, -0.15) is 5.10 Å². The third-order valence-electron chi connectivity index (χ3n) is 5.83. The lowest BCUT2D eigenvalue weighted by atomic mass is 10.1. The molecule has 1 fully saturated rings. The number of aromatic nitrogens is 4. The Bertz CT molecular complexity index is 1310. The van der Waals surface area contributed by atoms with Crippen molar-refractivity contribution in [2.24, 2.45) is 7.05 Å². The summed E-state index contributed by atoms with van der Waals surface area (Å²) in [6.07, 6.45) is 5.60. The summed E-state index contributed by atoms with van der Waals surface area (Å²) in [7, 11) is 1.87. The average molecular weight is 458 g/mol. The number of pyridine rings is 2. The number of ether oxygens (including phenoxy) is 1. The number of amides is 1. The predicted octanol–water partition coefficient (Wildman–Crippen LogP) is 3.88. The Labute approximate surface area is 197 Å². The first-order chi connectivity index (χ1) is 16.6. The largest absolute Gasteiger partial charge is 0.456 e. The molecule has 0 saturated carbocycles. The fourth-order valence-corrected chi connectivity index (χ4v) is 4.10. The first-order valence-corrected chi connectivity index (χ1v) is 11.4. The van der Waals surface area contributed by atoms with E-state index in [-0.39, 0.29) is 5.91 Å². The minimum Gasteiger partial charge on any atom is -0.456 e. The number of anilines is 2. The molecule has 0 spiro atoms. The van der Waals surface area contributed by atoms with Crippen LogP contribution in [-0.4, -0.2) is 44.8 Å². The van der Waals surface area contributed by atoms with Crippen molar-refractivity contribution in [3.05, 3.63) is 66.0 Å². The van der Waals surface area contributed by atoms with E-state index in [4.69, 9.17) is 4.74 Å². The van der Waals surface area contributed by atoms with Gasteiger partial charge >= 0.3 is 0 Å². The van der Waals surface area contributed by atoms with Gasteiger partial charge in [-0.25, -0.2) is 14.6 Å². The molecule has 1 saturated heterocycles. The molecule has 3 aromatic heterocycles. The third kappa shape index (κ3) is 4.69. The molecular formula is C25H27N7O2. The highest BCUT2D eigenvalue weighted by atomic mass is 16.5. The Balaban J connectivity index is 1.35. The molecule has 4 aromatic rings. The maximum absolute atomic E-state index is 12.6. The van der Waals surface area contributed by atoms with E-state index in [1.54, 1.807) is 41.3 Å². The summed E-state index contributed by atoms with van der Waals surface area (Å²) in [5, 5.41) is 15.3. The Morgan fingerprint density at radius 1 is 1.15 bits per heavy atom. The number of carbonyl (C=O) groups excluding carboxylic acids is 1. The Hall–Kier alpha value is -3.98. The minimum atomic E-state index is -0.226. The van der Waals surface area contributed by atoms with Crippen molar-refractivity contribution in [3.8, 4) is 11.5 Å². The molecule has 0 unspecified atom stereocenters. The maximum Gasteiger partial charge on any atom is 0.256 e. The zero-order valence-corrected chi connectivity index (χ0v) is 19.2. The number of fused-ring (bicyclic) bond motifs is 1. The average Bonchev–Trinajstić information content (AvgIpc) is 3.16. The number of hydrogen-bond donors (Lipinski definition) is 3. The van der Waals surface area contributed by atoms with Crippen LogP contribution >= 0.6 is 0 Å². The lowest BCUT2D eigenvalue weighted by Crippen LogP contribution is -2.38. The molecule has 1 aromatic carbocycles. The fraction of sp³-hybridized carbons (Fsp3) is 0.280. The molecule has 1 aliphatic rings. The molecule has 9 heteroatoms. The molecule has 34 heavy (non-hydrogen) atoms. The van der Waals surface area contributed by atoms with Gasteiger partial charge in [-0.15, -0.1) is 0 Å². The van der Waals surface area contributed by atoms with Gasteiger partial charge in [-0.3, -0.25) is 4.79 Å². The zero-order valence-electron chi connectivity index (χ0n) is 19.2. The monoisotopic (exact) mass is 457 g/mol. The first-order valence-electron chi connectivity index (χ1n) is 11.4. The summed E-state index contributed by atoms with van der Waals surface area (Å²) in [5.41, 5.74) is 2.29. The Morgan fingerprint density at radius 2 is 1.97 bits per heavy atom. The normalized spacial score (nSPS) is 15.8. The number of piperidine rings is 1. The van der Waals surface area contributed by atoms with Crippen LogP contribution in [0, 0.1) is 6.92 Å². The molecule has 4 heterocycles. The number of benzene rings is 1. The quantitative estimate of drug-likeness (QED) is 0.403. The van der Waals surface area contributed by atoms with Crippen LogP contribution in [0.3, 0.4) is 0 Å². The van der Waals surface area contributed by atoms with Crippen molar-refractivity contribution in [2.45, 2.75) is 25.8 Å². The zero-order chi connectivity index (χ0) is 23.5. The molecular weight excluding hydrogens is 430 g/mol. The Kier molecular flexibility index (Phi) is 6.09. The molecule has 1 amide bonds. The van der Waals surface area contributed by atoms with Crippen molar-refractivity contribution in [3.63, 3.8) is 0 Å². The second-order valence-corrected chi connectivity index (χ2v) is 8.47. The molecule has 1 atom stereocenters. The van der Waals surface area contributed by atoms with Gasteiger partial charge in [0.25, 0.3) is 5.91 Å². The van der Waals surface area contributed by atoms with Gasteiger partial charge in [0.15, 0.2) is 11.5 Å². The third-order valence-corrected chi connectivity index (χ3v) is 5.83. The van der Waals surface area contributed by atoms with Crippen molar-refractivity contribution in [2.75, 3.05) is 23.7 Å². The first kappa shape index (κ1) is 21.8. The summed E-state index contributed by atoms with van der Waals surface area (Å²) in [6, 6.07) is 12.9. The SMILES string of the molecule is Cc1ccnc(NC(=O)c2ccc(Oc3ccnc4c3c(N[C@@H]3CCCNC3)nn4C)cc2)c1. The molecule has 0 radical (unpaired) electrons. The second kappa shape index (κ2) is 9.48. The standard InChI is InChI=1S/C25H27N7O2/c1-16-9-12-27-21(14-16)30-25(33)17-5-7-19(8-6-17)34-20-10-13-28-24-22(20)23(31-32(24)2)29-18-4-3-11-26-15-18/h5-10,12-14,18,26H,3-4,11,15H2,1-2H3,(H,29,31)(H,27,30,33)/t18-/m1/s1. The van der Waals surface area contributed by atoms with E-state index in [1.165, 1.54) is 0 Å². The summed E-state index contributed by atoms with van der Waals surface area (Å²) in [6.45, 7) is 3.90. The predicted molar refractivity (Wildman–Crippen MR) is 131 cm³/mol. The maximum atomic E-state index is 12.6. The summed E-state index contributed by atoms with van der Waals surface area (Å²) in [5.74, 6) is 2.33. The highest BCUT2D eigenvalue weighted by Gasteiger charge is 2.20. The molecule has 5 rings (SSSR count). The van der Waals surface area contributed by atoms with E-state index < -0.39 is 0 Å². The van der Waals surface area contributed by atoms with Crippen LogP contribution < -0.4 is 20.7 Å². The van der Waals surface area contributed by atoms with Gasteiger partial charge in [-0.1, -0.05) is 0 Å². The number of aryl methyl sites for hydroxylation is 2. The molecule has 1 aliphatic heterocycles. The van der Waals surface area contributed by atoms with E-state index in [1.807, 2.05) is 32.2 Å². The molecule has 0 bridgehead atoms. The van der Waals surface area contributed by atoms with Crippen LogP contribution in [0.15, 0.2) is 54.9 Å². The van der Waals surface area contributed by atoms with Crippen molar-refractivity contribution in [1.82, 2.24) is 25.1 Å². The number of carbonyl (C=O) groups is 1. The number of nitrogens with one attached hydrogen (secondary N) is 3. The second-order valence-electron chi connectivity index (χ2n) is 8.47. The number of hydrogen-bond acceptors (Lipinski definition) is 7. The van der Waals surface area contributed by atoms with Crippen molar-refractivity contribution in [1.29, 1.82) is 0 Å². The highest BCUT2D eigenvalue weighted by molar-refractivity contribution is 6.03. The van der Waals surface area contributed by atoms with Crippen molar-refractivity contribution >= 4 is 28.6 Å². The van der Waals surface area contributed by atoms with Gasteiger partial charge in [0, 0.05) is 43.7 Å². The molecule has 174 valence electrons. The minimum absolute atomic E-state index is 0.226. The van der Waals surface area contributed by atoms with Gasteiger partial charge < -0.3 is 20.7 Å². The van der Waals surface area contributed by atoms with E-state index in [0.717, 1.165) is 48.3 Å². The summed E-state index contributed by atoms with van der Waals surface area (Å²) < 4.78 is 7.97. The van der Waals surface area contributed by atoms with E-state index in [9.17, 15) is 4.79 Å². The highest BCUT2D eigenvalue weighted by Crippen LogP contribution is 2.34. The van der Waals surface area contributed by atoms with Gasteiger partial charge in [0.1, 0.15) is 22.7 Å². The van der Waals surface area contributed by atoms with E-state index in [0.29, 0.717) is 28.9 Å². The topological polar surface area (TPSA) is 106 Å². The van der Waals surface area contributed by atoms with E-state index >= 15 is 0 Å². The van der Waals surface area contributed by atoms with E-state index in [2.05, 4.69) is 31.0 Å². The lowest BCUT2D eigenvalue weighted by Gasteiger charge is -2.23. The summed E-state index contributed by atoms with van der Waals surface area (Å²) >= 11 is 0. The Morgan fingerprint density at radius 3 is 2.74 bits per heavy atom. The van der Waals surface area contributed by atoms with Crippen LogP contribution in [0.4, 0.5) is 11.6 Å². The van der Waals surface area contributed by atoms with Gasteiger partial charge in [0.2, 0.25) is 0 Å². The van der Waals surface area contributed by atoms with Crippen LogP contribution in [0.2, 0.25) is 0 Å². The van der Waals surface area contributed by atoms with Crippen LogP contribution in [0.5, 0.6) is 11.5 Å². The van der Waals surface area contributed by atoms with Gasteiger partial charge in [0.05, 0.1) is 0 Å². The lowest BCUT2D eigenvalue weighted by molar-refractivity contribution is 0.102. The number of nitrogens with zero attached hydrogens (tertiary/aromatic N) is 4. The smallest absolute Gasteiger partial charge is 0.256 e. The van der Waals surface area contributed by atoms with Crippen LogP contribution in [0.25, 0.3) is 11.0 Å². The number of rotatable bonds is 6. The summed E-state index contributed by atoms with van der Waals surface area (Å²) in [4.78, 5) is 21.2. The van der Waals surface area contributed by atoms with Gasteiger partial charge in [-0.05, 0) is 68.3 Å². The molecule has 9 nitrogen and oxygen atoms in total. The molecule has 3 N–H and O–H groups in total.